The van der Waals surface area contributed by atoms with E-state index in [-0.39, 0.29) is 11.4 Å². The maximum atomic E-state index is 13.5. The van der Waals surface area contributed by atoms with Crippen LogP contribution in [0.1, 0.15) is 45.4 Å². The molecule has 1 heterocycles. The second-order valence-electron chi connectivity index (χ2n) is 6.17. The second kappa shape index (κ2) is 4.85. The molecule has 108 valence electrons. The molecule has 1 aliphatic carbocycles. The van der Waals surface area contributed by atoms with E-state index in [4.69, 9.17) is 10.7 Å². The Morgan fingerprint density at radius 3 is 3.00 bits per heavy atom. The number of fused-ring (bicyclic) bond motifs is 1. The number of benzene rings is 1. The van der Waals surface area contributed by atoms with Gasteiger partial charge in [0, 0.05) is 6.54 Å². The van der Waals surface area contributed by atoms with Gasteiger partial charge in [-0.2, -0.15) is 0 Å². The lowest BCUT2D eigenvalue weighted by Gasteiger charge is -2.36. The molecule has 2 unspecified atom stereocenters. The van der Waals surface area contributed by atoms with Crippen LogP contribution in [0.25, 0.3) is 11.0 Å². The summed E-state index contributed by atoms with van der Waals surface area (Å²) < 4.78 is 15.6. The number of hydrogen-bond donors (Lipinski definition) is 1. The minimum Gasteiger partial charge on any atom is -0.327 e. The predicted molar refractivity (Wildman–Crippen MR) is 78.9 cm³/mol. The zero-order valence-electron chi connectivity index (χ0n) is 12.2. The lowest BCUT2D eigenvalue weighted by molar-refractivity contribution is 0.223. The van der Waals surface area contributed by atoms with E-state index >= 15 is 0 Å². The molecule has 2 atom stereocenters. The predicted octanol–water partition coefficient (Wildman–Crippen LogP) is 3.56. The Hall–Kier alpha value is -1.42. The maximum Gasteiger partial charge on any atom is 0.130 e. The molecule has 2 N–H and O–H groups in total. The van der Waals surface area contributed by atoms with Crippen LogP contribution in [-0.4, -0.2) is 9.55 Å². The van der Waals surface area contributed by atoms with Crippen LogP contribution in [0.5, 0.6) is 0 Å². The van der Waals surface area contributed by atoms with Crippen LogP contribution < -0.4 is 5.73 Å². The first-order valence-electron chi connectivity index (χ1n) is 7.48. The highest BCUT2D eigenvalue weighted by Crippen LogP contribution is 2.38. The Bertz CT molecular complexity index is 634. The van der Waals surface area contributed by atoms with Crippen LogP contribution in [0, 0.1) is 11.7 Å². The number of hydrogen-bond acceptors (Lipinski definition) is 2. The molecular formula is C16H22FN3. The molecule has 3 nitrogen and oxygen atoms in total. The molecule has 1 fully saturated rings. The van der Waals surface area contributed by atoms with Crippen molar-refractivity contribution in [1.29, 1.82) is 0 Å². The first-order valence-corrected chi connectivity index (χ1v) is 7.48. The average Bonchev–Trinajstić information content (AvgIpc) is 2.77. The molecule has 1 saturated carbocycles. The lowest BCUT2D eigenvalue weighted by atomic mass is 9.76. The monoisotopic (exact) mass is 275 g/mol. The van der Waals surface area contributed by atoms with Gasteiger partial charge in [0.25, 0.3) is 0 Å². The summed E-state index contributed by atoms with van der Waals surface area (Å²) in [6, 6.07) is 4.77. The highest BCUT2D eigenvalue weighted by molar-refractivity contribution is 5.76. The minimum absolute atomic E-state index is 0.221. The van der Waals surface area contributed by atoms with E-state index in [0.29, 0.717) is 5.92 Å². The summed E-state index contributed by atoms with van der Waals surface area (Å²) in [5, 5.41) is 0. The summed E-state index contributed by atoms with van der Waals surface area (Å²) in [4.78, 5) is 4.73. The first kappa shape index (κ1) is 13.6. The quantitative estimate of drug-likeness (QED) is 0.910. The fourth-order valence-corrected chi connectivity index (χ4v) is 3.59. The molecule has 0 spiro atoms. The Labute approximate surface area is 119 Å². The van der Waals surface area contributed by atoms with E-state index in [2.05, 4.69) is 18.4 Å². The van der Waals surface area contributed by atoms with E-state index < -0.39 is 0 Å². The smallest absolute Gasteiger partial charge is 0.130 e. The summed E-state index contributed by atoms with van der Waals surface area (Å²) in [6.45, 7) is 5.08. The number of aryl methyl sites for hydroxylation is 1. The number of aromatic nitrogens is 2. The van der Waals surface area contributed by atoms with Crippen molar-refractivity contribution < 1.29 is 4.39 Å². The Balaban J connectivity index is 2.15. The summed E-state index contributed by atoms with van der Waals surface area (Å²) >= 11 is 0. The number of halogens is 1. The minimum atomic E-state index is -0.372. The molecule has 0 amide bonds. The molecule has 4 heteroatoms. The highest BCUT2D eigenvalue weighted by atomic mass is 19.1. The van der Waals surface area contributed by atoms with Gasteiger partial charge in [-0.15, -0.1) is 0 Å². The van der Waals surface area contributed by atoms with E-state index in [1.54, 1.807) is 12.1 Å². The van der Waals surface area contributed by atoms with Crippen molar-refractivity contribution in [2.45, 2.75) is 51.6 Å². The van der Waals surface area contributed by atoms with E-state index in [0.717, 1.165) is 42.7 Å². The third kappa shape index (κ3) is 2.12. The topological polar surface area (TPSA) is 43.8 Å². The maximum absolute atomic E-state index is 13.5. The van der Waals surface area contributed by atoms with Gasteiger partial charge in [0.15, 0.2) is 0 Å². The van der Waals surface area contributed by atoms with Gasteiger partial charge in [-0.25, -0.2) is 9.37 Å². The van der Waals surface area contributed by atoms with Gasteiger partial charge in [-0.05, 0) is 43.9 Å². The SMILES string of the molecule is CCn1c(C2(N)CCCC(C)C2)nc2ccc(F)cc21. The molecule has 2 aromatic rings. The van der Waals surface area contributed by atoms with Crippen molar-refractivity contribution in [3.05, 3.63) is 29.8 Å². The number of nitrogens with two attached hydrogens (primary N) is 1. The Morgan fingerprint density at radius 2 is 2.30 bits per heavy atom. The highest BCUT2D eigenvalue weighted by Gasteiger charge is 2.37. The molecule has 0 aliphatic heterocycles. The summed E-state index contributed by atoms with van der Waals surface area (Å²) in [5.74, 6) is 1.32. The van der Waals surface area contributed by atoms with E-state index in [9.17, 15) is 4.39 Å². The fourth-order valence-electron chi connectivity index (χ4n) is 3.59. The molecule has 3 rings (SSSR count). The molecule has 1 aliphatic rings. The van der Waals surface area contributed by atoms with Crippen molar-refractivity contribution >= 4 is 11.0 Å². The third-order valence-electron chi connectivity index (χ3n) is 4.50. The molecule has 0 radical (unpaired) electrons. The standard InChI is InChI=1S/C16H22FN3/c1-3-20-14-9-12(17)6-7-13(14)19-15(20)16(18)8-4-5-11(2)10-16/h6-7,9,11H,3-5,8,10,18H2,1-2H3. The molecule has 0 saturated heterocycles. The normalized spacial score (nSPS) is 27.1. The van der Waals surface area contributed by atoms with Gasteiger partial charge in [0.1, 0.15) is 11.6 Å². The summed E-state index contributed by atoms with van der Waals surface area (Å²) in [6.07, 6.45) is 4.29. The average molecular weight is 275 g/mol. The van der Waals surface area contributed by atoms with E-state index in [1.807, 2.05) is 0 Å². The molecule has 20 heavy (non-hydrogen) atoms. The number of nitrogens with zero attached hydrogens (tertiary/aromatic N) is 2. The van der Waals surface area contributed by atoms with Crippen molar-refractivity contribution in [2.75, 3.05) is 0 Å². The zero-order chi connectivity index (χ0) is 14.3. The zero-order valence-corrected chi connectivity index (χ0v) is 12.2. The molecule has 0 bridgehead atoms. The number of rotatable bonds is 2. The molecule has 1 aromatic heterocycles. The van der Waals surface area contributed by atoms with Crippen molar-refractivity contribution in [2.24, 2.45) is 11.7 Å². The van der Waals surface area contributed by atoms with Gasteiger partial charge in [-0.3, -0.25) is 0 Å². The number of imidazole rings is 1. The fraction of sp³-hybridized carbons (Fsp3) is 0.562. The van der Waals surface area contributed by atoms with Gasteiger partial charge in [0.2, 0.25) is 0 Å². The van der Waals surface area contributed by atoms with Gasteiger partial charge < -0.3 is 10.3 Å². The summed E-state index contributed by atoms with van der Waals surface area (Å²) in [5.41, 5.74) is 7.99. The Morgan fingerprint density at radius 1 is 1.50 bits per heavy atom. The van der Waals surface area contributed by atoms with Gasteiger partial charge in [-0.1, -0.05) is 19.8 Å². The van der Waals surface area contributed by atoms with Gasteiger partial charge >= 0.3 is 0 Å². The molecule has 1 aromatic carbocycles. The van der Waals surface area contributed by atoms with Crippen LogP contribution in [0.4, 0.5) is 4.39 Å². The van der Waals surface area contributed by atoms with Gasteiger partial charge in [0.05, 0.1) is 16.6 Å². The van der Waals surface area contributed by atoms with Crippen LogP contribution in [0.15, 0.2) is 18.2 Å². The van der Waals surface area contributed by atoms with E-state index in [1.165, 1.54) is 12.5 Å². The summed E-state index contributed by atoms with van der Waals surface area (Å²) in [7, 11) is 0. The lowest BCUT2D eigenvalue weighted by Crippen LogP contribution is -2.43. The first-order chi connectivity index (χ1) is 9.53. The van der Waals surface area contributed by atoms with Crippen molar-refractivity contribution in [1.82, 2.24) is 9.55 Å². The van der Waals surface area contributed by atoms with Crippen LogP contribution >= 0.6 is 0 Å². The van der Waals surface area contributed by atoms with Crippen LogP contribution in [0.2, 0.25) is 0 Å². The molecular weight excluding hydrogens is 253 g/mol. The largest absolute Gasteiger partial charge is 0.327 e. The Kier molecular flexibility index (Phi) is 3.28. The second-order valence-corrected chi connectivity index (χ2v) is 6.17. The third-order valence-corrected chi connectivity index (χ3v) is 4.50. The van der Waals surface area contributed by atoms with Crippen LogP contribution in [0.3, 0.4) is 0 Å². The van der Waals surface area contributed by atoms with Crippen LogP contribution in [-0.2, 0) is 12.1 Å². The van der Waals surface area contributed by atoms with Crippen molar-refractivity contribution in [3.63, 3.8) is 0 Å². The van der Waals surface area contributed by atoms with Crippen molar-refractivity contribution in [3.8, 4) is 0 Å².